The number of amides is 1. The molecule has 0 aliphatic rings. The molecule has 1 N–H and O–H groups in total. The Morgan fingerprint density at radius 2 is 1.96 bits per heavy atom. The second-order valence-electron chi connectivity index (χ2n) is 5.55. The van der Waals surface area contributed by atoms with Gasteiger partial charge in [0.25, 0.3) is 0 Å². The number of carbonyl (C=O) groups excluding carboxylic acids is 1. The smallest absolute Gasteiger partial charge is 0.247 e. The summed E-state index contributed by atoms with van der Waals surface area (Å²) in [6.45, 7) is 1.41. The van der Waals surface area contributed by atoms with Crippen molar-refractivity contribution in [3.05, 3.63) is 53.3 Å². The van der Waals surface area contributed by atoms with E-state index in [1.165, 1.54) is 44.4 Å². The lowest BCUT2D eigenvalue weighted by atomic mass is 10.2. The van der Waals surface area contributed by atoms with Crippen LogP contribution in [0.1, 0.15) is 6.92 Å². The average molecular weight is 401 g/mol. The summed E-state index contributed by atoms with van der Waals surface area (Å²) < 4.78 is 44.1. The van der Waals surface area contributed by atoms with Gasteiger partial charge in [0, 0.05) is 10.7 Å². The Balaban J connectivity index is 2.41. The fraction of sp³-hybridized carbons (Fsp3) is 0.235. The number of nitrogens with one attached hydrogen (secondary N) is 1. The van der Waals surface area contributed by atoms with Gasteiger partial charge >= 0.3 is 0 Å². The summed E-state index contributed by atoms with van der Waals surface area (Å²) in [7, 11) is -2.47. The van der Waals surface area contributed by atoms with Gasteiger partial charge < -0.3 is 10.1 Å². The molecule has 0 heterocycles. The lowest BCUT2D eigenvalue weighted by Gasteiger charge is -2.29. The van der Waals surface area contributed by atoms with Crippen molar-refractivity contribution in [3.8, 4) is 5.75 Å². The van der Waals surface area contributed by atoms with Crippen LogP contribution in [0.25, 0.3) is 0 Å². The van der Waals surface area contributed by atoms with Crippen LogP contribution in [-0.2, 0) is 14.8 Å². The highest BCUT2D eigenvalue weighted by molar-refractivity contribution is 7.92. The van der Waals surface area contributed by atoms with Crippen LogP contribution in [0.2, 0.25) is 5.02 Å². The topological polar surface area (TPSA) is 75.7 Å². The van der Waals surface area contributed by atoms with Crippen LogP contribution in [0, 0.1) is 5.82 Å². The highest BCUT2D eigenvalue weighted by Crippen LogP contribution is 2.34. The van der Waals surface area contributed by atoms with Crippen LogP contribution >= 0.6 is 11.6 Å². The fourth-order valence-electron chi connectivity index (χ4n) is 2.43. The lowest BCUT2D eigenvalue weighted by Crippen LogP contribution is -2.45. The molecule has 1 amide bonds. The molecule has 0 bridgehead atoms. The third-order valence-corrected chi connectivity index (χ3v) is 5.02. The third kappa shape index (κ3) is 4.64. The van der Waals surface area contributed by atoms with Crippen molar-refractivity contribution in [2.24, 2.45) is 0 Å². The maximum Gasteiger partial charge on any atom is 0.247 e. The number of methoxy groups -OCH3 is 1. The van der Waals surface area contributed by atoms with E-state index in [0.717, 1.165) is 16.6 Å². The van der Waals surface area contributed by atoms with E-state index < -0.39 is 27.8 Å². The standard InChI is InChI=1S/C17H18ClFN2O4S/c1-11(17(22)20-14-6-4-5-13(19)10-14)21(26(3,23)24)15-9-12(18)7-8-16(15)25-2/h4-11H,1-3H3,(H,20,22)/t11-/m1/s1. The number of benzene rings is 2. The molecule has 0 spiro atoms. The molecule has 0 aliphatic carbocycles. The van der Waals surface area contributed by atoms with Gasteiger partial charge in [0.05, 0.1) is 19.1 Å². The molecule has 0 aromatic heterocycles. The van der Waals surface area contributed by atoms with Crippen molar-refractivity contribution in [2.75, 3.05) is 23.0 Å². The molecule has 0 aliphatic heterocycles. The van der Waals surface area contributed by atoms with E-state index in [-0.39, 0.29) is 22.1 Å². The monoisotopic (exact) mass is 400 g/mol. The number of sulfonamides is 1. The quantitative estimate of drug-likeness (QED) is 0.807. The van der Waals surface area contributed by atoms with Crippen molar-refractivity contribution in [1.82, 2.24) is 0 Å². The lowest BCUT2D eigenvalue weighted by molar-refractivity contribution is -0.116. The van der Waals surface area contributed by atoms with Crippen LogP contribution < -0.4 is 14.4 Å². The highest BCUT2D eigenvalue weighted by atomic mass is 35.5. The summed E-state index contributed by atoms with van der Waals surface area (Å²) in [5.74, 6) is -0.916. The van der Waals surface area contributed by atoms with Crippen LogP contribution in [0.5, 0.6) is 5.75 Å². The molecular formula is C17H18ClFN2O4S. The van der Waals surface area contributed by atoms with E-state index in [1.807, 2.05) is 0 Å². The minimum absolute atomic E-state index is 0.129. The number of halogens is 2. The summed E-state index contributed by atoms with van der Waals surface area (Å²) in [4.78, 5) is 12.6. The number of ether oxygens (including phenoxy) is 1. The molecule has 1 atom stereocenters. The Hall–Kier alpha value is -2.32. The van der Waals surface area contributed by atoms with Crippen molar-refractivity contribution in [1.29, 1.82) is 0 Å². The van der Waals surface area contributed by atoms with E-state index in [1.54, 1.807) is 6.07 Å². The van der Waals surface area contributed by atoms with Crippen molar-refractivity contribution < 1.29 is 22.3 Å². The first-order valence-electron chi connectivity index (χ1n) is 7.53. The maximum absolute atomic E-state index is 13.3. The SMILES string of the molecule is COc1ccc(Cl)cc1N([C@H](C)C(=O)Nc1cccc(F)c1)S(C)(=O)=O. The molecule has 0 saturated carbocycles. The molecule has 6 nitrogen and oxygen atoms in total. The molecular weight excluding hydrogens is 383 g/mol. The zero-order chi connectivity index (χ0) is 19.5. The Morgan fingerprint density at radius 1 is 1.27 bits per heavy atom. The highest BCUT2D eigenvalue weighted by Gasteiger charge is 2.31. The molecule has 140 valence electrons. The summed E-state index contributed by atoms with van der Waals surface area (Å²) in [5.41, 5.74) is 0.345. The van der Waals surface area contributed by atoms with E-state index in [4.69, 9.17) is 16.3 Å². The second-order valence-corrected chi connectivity index (χ2v) is 7.85. The maximum atomic E-state index is 13.3. The van der Waals surface area contributed by atoms with Gasteiger partial charge in [-0.15, -0.1) is 0 Å². The minimum atomic E-state index is -3.85. The van der Waals surface area contributed by atoms with Crippen LogP contribution in [0.3, 0.4) is 0 Å². The number of hydrogen-bond donors (Lipinski definition) is 1. The van der Waals surface area contributed by atoms with Crippen LogP contribution in [0.15, 0.2) is 42.5 Å². The number of carbonyl (C=O) groups is 1. The van der Waals surface area contributed by atoms with E-state index >= 15 is 0 Å². The van der Waals surface area contributed by atoms with Gasteiger partial charge in [-0.1, -0.05) is 17.7 Å². The van der Waals surface area contributed by atoms with Gasteiger partial charge in [-0.25, -0.2) is 12.8 Å². The van der Waals surface area contributed by atoms with Gasteiger partial charge in [-0.05, 0) is 43.3 Å². The second kappa shape index (κ2) is 7.92. The van der Waals surface area contributed by atoms with Crippen molar-refractivity contribution >= 4 is 38.9 Å². The summed E-state index contributed by atoms with van der Waals surface area (Å²) in [6, 6.07) is 8.61. The van der Waals surface area contributed by atoms with Gasteiger partial charge in [0.15, 0.2) is 0 Å². The number of rotatable bonds is 6. The van der Waals surface area contributed by atoms with Gasteiger partial charge in [-0.3, -0.25) is 9.10 Å². The van der Waals surface area contributed by atoms with Gasteiger partial charge in [0.2, 0.25) is 15.9 Å². The zero-order valence-corrected chi connectivity index (χ0v) is 15.9. The molecule has 0 saturated heterocycles. The van der Waals surface area contributed by atoms with Crippen molar-refractivity contribution in [2.45, 2.75) is 13.0 Å². The Morgan fingerprint density at radius 3 is 2.54 bits per heavy atom. The van der Waals surface area contributed by atoms with E-state index in [9.17, 15) is 17.6 Å². The number of nitrogens with zero attached hydrogens (tertiary/aromatic N) is 1. The normalized spacial score (nSPS) is 12.3. The van der Waals surface area contributed by atoms with E-state index in [0.29, 0.717) is 0 Å². The average Bonchev–Trinajstić information content (AvgIpc) is 2.54. The first kappa shape index (κ1) is 20.0. The van der Waals surface area contributed by atoms with Gasteiger partial charge in [-0.2, -0.15) is 0 Å². The Labute approximate surface area is 156 Å². The summed E-state index contributed by atoms with van der Waals surface area (Å²) >= 11 is 5.98. The first-order chi connectivity index (χ1) is 12.1. The molecule has 2 aromatic rings. The minimum Gasteiger partial charge on any atom is -0.495 e. The van der Waals surface area contributed by atoms with Crippen LogP contribution in [-0.4, -0.2) is 33.7 Å². The summed E-state index contributed by atoms with van der Waals surface area (Å²) in [6.07, 6.45) is 0.972. The molecule has 0 fully saturated rings. The number of anilines is 2. The largest absolute Gasteiger partial charge is 0.495 e. The summed E-state index contributed by atoms with van der Waals surface area (Å²) in [5, 5.41) is 2.78. The Kier molecular flexibility index (Phi) is 6.09. The molecule has 0 unspecified atom stereocenters. The molecule has 26 heavy (non-hydrogen) atoms. The van der Waals surface area contributed by atoms with E-state index in [2.05, 4.69) is 5.32 Å². The molecule has 2 rings (SSSR count). The zero-order valence-electron chi connectivity index (χ0n) is 14.4. The predicted molar refractivity (Wildman–Crippen MR) is 99.8 cm³/mol. The van der Waals surface area contributed by atoms with Gasteiger partial charge in [0.1, 0.15) is 17.6 Å². The molecule has 0 radical (unpaired) electrons. The first-order valence-corrected chi connectivity index (χ1v) is 9.75. The van der Waals surface area contributed by atoms with Crippen LogP contribution in [0.4, 0.5) is 15.8 Å². The number of hydrogen-bond acceptors (Lipinski definition) is 4. The Bertz CT molecular complexity index is 921. The van der Waals surface area contributed by atoms with Crippen molar-refractivity contribution in [3.63, 3.8) is 0 Å². The fourth-order valence-corrected chi connectivity index (χ4v) is 3.77. The molecule has 9 heteroatoms. The molecule has 2 aromatic carbocycles. The predicted octanol–water partition coefficient (Wildman–Crippen LogP) is 3.28. The third-order valence-electron chi connectivity index (χ3n) is 3.56.